The molecule has 3 rings (SSSR count). The van der Waals surface area contributed by atoms with Crippen LogP contribution in [0.2, 0.25) is 0 Å². The maximum Gasteiger partial charge on any atom is 0.337 e. The Hall–Kier alpha value is -1.91. The quantitative estimate of drug-likeness (QED) is 0.925. The summed E-state index contributed by atoms with van der Waals surface area (Å²) in [5.74, 6) is -0.293. The number of aromatic nitrogens is 1. The fraction of sp³-hybridized carbons (Fsp3) is 0.611. The number of carbonyl (C=O) groups excluding carboxylic acids is 1. The van der Waals surface area contributed by atoms with Crippen molar-refractivity contribution >= 4 is 11.9 Å². The van der Waals surface area contributed by atoms with Gasteiger partial charge in [-0.3, -0.25) is 4.79 Å². The van der Waals surface area contributed by atoms with Gasteiger partial charge in [-0.2, -0.15) is 0 Å². The van der Waals surface area contributed by atoms with Crippen molar-refractivity contribution in [1.29, 1.82) is 0 Å². The highest BCUT2D eigenvalue weighted by Gasteiger charge is 2.39. The number of nitrogens with zero attached hydrogens (tertiary/aromatic N) is 2. The number of carboxylic acids is 1. The molecule has 0 atom stereocenters. The van der Waals surface area contributed by atoms with Gasteiger partial charge in [0, 0.05) is 12.1 Å². The normalized spacial score (nSPS) is 24.3. The standard InChI is InChI=1S/C18H24N2O3/c1-11-3-5-13(6-4-11)20(14-7-8-14)17(21)16-10-9-15(18(22)23)12(2)19-16/h9-11,13-14H,3-8H2,1-2H3,(H,22,23). The number of hydrogen-bond acceptors (Lipinski definition) is 3. The fourth-order valence-electron chi connectivity index (χ4n) is 3.54. The molecule has 0 saturated heterocycles. The summed E-state index contributed by atoms with van der Waals surface area (Å²) in [6.07, 6.45) is 6.62. The van der Waals surface area contributed by atoms with Crippen molar-refractivity contribution in [3.63, 3.8) is 0 Å². The van der Waals surface area contributed by atoms with Crippen molar-refractivity contribution in [2.45, 2.75) is 64.5 Å². The summed E-state index contributed by atoms with van der Waals surface area (Å²) in [5, 5.41) is 9.10. The van der Waals surface area contributed by atoms with E-state index in [9.17, 15) is 9.59 Å². The second-order valence-corrected chi connectivity index (χ2v) is 6.99. The average Bonchev–Trinajstić information content (AvgIpc) is 3.33. The highest BCUT2D eigenvalue weighted by Crippen LogP contribution is 2.36. The number of rotatable bonds is 4. The summed E-state index contributed by atoms with van der Waals surface area (Å²) < 4.78 is 0. The summed E-state index contributed by atoms with van der Waals surface area (Å²) in [5.41, 5.74) is 0.931. The van der Waals surface area contributed by atoms with Gasteiger partial charge in [0.1, 0.15) is 5.69 Å². The van der Waals surface area contributed by atoms with E-state index in [1.54, 1.807) is 13.0 Å². The van der Waals surface area contributed by atoms with E-state index in [-0.39, 0.29) is 11.5 Å². The first-order valence-electron chi connectivity index (χ1n) is 8.51. The lowest BCUT2D eigenvalue weighted by molar-refractivity contribution is 0.0584. The topological polar surface area (TPSA) is 70.5 Å². The minimum atomic E-state index is -1.01. The van der Waals surface area contributed by atoms with Gasteiger partial charge in [-0.15, -0.1) is 0 Å². The predicted molar refractivity (Wildman–Crippen MR) is 86.5 cm³/mol. The van der Waals surface area contributed by atoms with Gasteiger partial charge < -0.3 is 10.0 Å². The van der Waals surface area contributed by atoms with Crippen molar-refractivity contribution in [1.82, 2.24) is 9.88 Å². The van der Waals surface area contributed by atoms with Crippen molar-refractivity contribution in [2.75, 3.05) is 0 Å². The number of aryl methyl sites for hydroxylation is 1. The van der Waals surface area contributed by atoms with Gasteiger partial charge in [0.15, 0.2) is 0 Å². The molecule has 2 saturated carbocycles. The fourth-order valence-corrected chi connectivity index (χ4v) is 3.54. The number of carbonyl (C=O) groups is 2. The average molecular weight is 316 g/mol. The van der Waals surface area contributed by atoms with E-state index in [1.807, 2.05) is 4.90 Å². The van der Waals surface area contributed by atoms with Crippen LogP contribution in [0, 0.1) is 12.8 Å². The van der Waals surface area contributed by atoms with Crippen molar-refractivity contribution in [3.8, 4) is 0 Å². The van der Waals surface area contributed by atoms with E-state index in [0.717, 1.165) is 31.6 Å². The van der Waals surface area contributed by atoms with Gasteiger partial charge in [0.25, 0.3) is 5.91 Å². The zero-order chi connectivity index (χ0) is 16.6. The molecule has 0 unspecified atom stereocenters. The Balaban J connectivity index is 1.81. The third kappa shape index (κ3) is 3.38. The number of pyridine rings is 1. The van der Waals surface area contributed by atoms with E-state index >= 15 is 0 Å². The van der Waals surface area contributed by atoms with Crippen LogP contribution < -0.4 is 0 Å². The molecule has 1 aromatic rings. The minimum Gasteiger partial charge on any atom is -0.478 e. The smallest absolute Gasteiger partial charge is 0.337 e. The van der Waals surface area contributed by atoms with Gasteiger partial charge in [-0.25, -0.2) is 9.78 Å². The molecule has 0 bridgehead atoms. The van der Waals surface area contributed by atoms with Gasteiger partial charge in [-0.05, 0) is 63.5 Å². The molecule has 1 N–H and O–H groups in total. The van der Waals surface area contributed by atoms with E-state index in [4.69, 9.17) is 5.11 Å². The van der Waals surface area contributed by atoms with Crippen LogP contribution in [-0.4, -0.2) is 39.0 Å². The van der Waals surface area contributed by atoms with Crippen LogP contribution in [0.1, 0.15) is 72.0 Å². The molecular weight excluding hydrogens is 292 g/mol. The molecule has 0 aliphatic heterocycles. The minimum absolute atomic E-state index is 0.0351. The molecule has 5 heteroatoms. The van der Waals surface area contributed by atoms with Gasteiger partial charge in [0.2, 0.25) is 0 Å². The van der Waals surface area contributed by atoms with Crippen LogP contribution in [0.3, 0.4) is 0 Å². The van der Waals surface area contributed by atoms with E-state index in [0.29, 0.717) is 23.5 Å². The monoisotopic (exact) mass is 316 g/mol. The van der Waals surface area contributed by atoms with Gasteiger partial charge >= 0.3 is 5.97 Å². The highest BCUT2D eigenvalue weighted by molar-refractivity contribution is 5.95. The van der Waals surface area contributed by atoms with Crippen LogP contribution >= 0.6 is 0 Å². The summed E-state index contributed by atoms with van der Waals surface area (Å²) in [6.45, 7) is 3.92. The van der Waals surface area contributed by atoms with Crippen LogP contribution in [0.25, 0.3) is 0 Å². The summed E-state index contributed by atoms with van der Waals surface area (Å²) in [6, 6.07) is 3.71. The molecule has 0 radical (unpaired) electrons. The molecule has 1 heterocycles. The lowest BCUT2D eigenvalue weighted by Crippen LogP contribution is -2.44. The Morgan fingerprint density at radius 2 is 1.65 bits per heavy atom. The first-order valence-corrected chi connectivity index (χ1v) is 8.51. The molecule has 0 spiro atoms. The maximum atomic E-state index is 13.0. The lowest BCUT2D eigenvalue weighted by Gasteiger charge is -2.36. The van der Waals surface area contributed by atoms with Crippen LogP contribution in [0.4, 0.5) is 0 Å². The second-order valence-electron chi connectivity index (χ2n) is 6.99. The summed E-state index contributed by atoms with van der Waals surface area (Å²) in [4.78, 5) is 30.4. The lowest BCUT2D eigenvalue weighted by atomic mass is 9.86. The maximum absolute atomic E-state index is 13.0. The molecule has 2 aliphatic rings. The Kier molecular flexibility index (Phi) is 4.37. The molecule has 2 aliphatic carbocycles. The zero-order valence-corrected chi connectivity index (χ0v) is 13.8. The van der Waals surface area contributed by atoms with Crippen molar-refractivity contribution in [2.24, 2.45) is 5.92 Å². The molecule has 23 heavy (non-hydrogen) atoms. The molecule has 2 fully saturated rings. The first-order chi connectivity index (χ1) is 11.0. The van der Waals surface area contributed by atoms with Crippen molar-refractivity contribution < 1.29 is 14.7 Å². The van der Waals surface area contributed by atoms with E-state index in [2.05, 4.69) is 11.9 Å². The van der Waals surface area contributed by atoms with Crippen LogP contribution in [-0.2, 0) is 0 Å². The Morgan fingerprint density at radius 3 is 2.13 bits per heavy atom. The Bertz CT molecular complexity index is 617. The molecule has 1 amide bonds. The zero-order valence-electron chi connectivity index (χ0n) is 13.8. The molecule has 1 aromatic heterocycles. The second kappa shape index (κ2) is 6.30. The largest absolute Gasteiger partial charge is 0.478 e. The van der Waals surface area contributed by atoms with Gasteiger partial charge in [-0.1, -0.05) is 6.92 Å². The molecular formula is C18H24N2O3. The molecule has 124 valence electrons. The van der Waals surface area contributed by atoms with Gasteiger partial charge in [0.05, 0.1) is 11.3 Å². The SMILES string of the molecule is Cc1nc(C(=O)N(C2CCC(C)CC2)C2CC2)ccc1C(=O)O. The summed E-state index contributed by atoms with van der Waals surface area (Å²) in [7, 11) is 0. The van der Waals surface area contributed by atoms with E-state index < -0.39 is 5.97 Å². The number of hydrogen-bond donors (Lipinski definition) is 1. The van der Waals surface area contributed by atoms with Crippen LogP contribution in [0.5, 0.6) is 0 Å². The highest BCUT2D eigenvalue weighted by atomic mass is 16.4. The Morgan fingerprint density at radius 1 is 1.09 bits per heavy atom. The number of aromatic carboxylic acids is 1. The van der Waals surface area contributed by atoms with E-state index in [1.165, 1.54) is 18.9 Å². The summed E-state index contributed by atoms with van der Waals surface area (Å²) >= 11 is 0. The van der Waals surface area contributed by atoms with Crippen molar-refractivity contribution in [3.05, 3.63) is 29.1 Å². The molecule has 5 nitrogen and oxygen atoms in total. The number of carboxylic acid groups (broad SMARTS) is 1. The molecule has 0 aromatic carbocycles. The first kappa shape index (κ1) is 16.0. The number of amides is 1. The predicted octanol–water partition coefficient (Wildman–Crippen LogP) is 3.27. The third-order valence-electron chi connectivity index (χ3n) is 5.09. The van der Waals surface area contributed by atoms with Crippen LogP contribution in [0.15, 0.2) is 12.1 Å². The Labute approximate surface area is 136 Å². The third-order valence-corrected chi connectivity index (χ3v) is 5.09.